The molecule has 1 aromatic rings. The second-order valence-corrected chi connectivity index (χ2v) is 3.03. The number of carbonyl (C=O) groups is 1. The van der Waals surface area contributed by atoms with Crippen molar-refractivity contribution >= 4 is 5.91 Å². The molecule has 0 radical (unpaired) electrons. The van der Waals surface area contributed by atoms with E-state index in [0.29, 0.717) is 19.8 Å². The molecule has 1 aromatic heterocycles. The topological polar surface area (TPSA) is 80.9 Å². The molecule has 1 rings (SSSR count). The number of nitrogens with zero attached hydrogens (tertiary/aromatic N) is 1. The highest BCUT2D eigenvalue weighted by molar-refractivity contribution is 5.83. The summed E-state index contributed by atoms with van der Waals surface area (Å²) in [5, 5.41) is 18.5. The Bertz CT molecular complexity index is 327. The van der Waals surface area contributed by atoms with Crippen molar-refractivity contribution < 1.29 is 24.5 Å². The van der Waals surface area contributed by atoms with Gasteiger partial charge < -0.3 is 19.7 Å². The van der Waals surface area contributed by atoms with Crippen LogP contribution >= 0.6 is 0 Å². The smallest absolute Gasteiger partial charge is 0.262 e. The minimum Gasteiger partial charge on any atom is -0.494 e. The van der Waals surface area contributed by atoms with E-state index in [2.05, 4.69) is 0 Å². The molecule has 90 valence electrons. The summed E-state index contributed by atoms with van der Waals surface area (Å²) in [6.07, 6.45) is 0. The Balaban J connectivity index is 2.36. The van der Waals surface area contributed by atoms with E-state index >= 15 is 0 Å². The van der Waals surface area contributed by atoms with Crippen LogP contribution in [0.2, 0.25) is 0 Å². The lowest BCUT2D eigenvalue weighted by molar-refractivity contribution is 0.0418. The lowest BCUT2D eigenvalue weighted by Gasteiger charge is -2.06. The number of carbonyl (C=O) groups excluding carboxylic acids is 1. The normalized spacial score (nSPS) is 10.6. The third kappa shape index (κ3) is 3.25. The molecule has 0 amide bonds. The zero-order valence-corrected chi connectivity index (χ0v) is 9.05. The molecule has 0 aliphatic carbocycles. The highest BCUT2D eigenvalue weighted by Crippen LogP contribution is 2.20. The molecule has 1 heterocycles. The van der Waals surface area contributed by atoms with Crippen molar-refractivity contribution in [2.45, 2.75) is 6.92 Å². The van der Waals surface area contributed by atoms with Crippen LogP contribution in [-0.4, -0.2) is 47.1 Å². The molecule has 0 aromatic carbocycles. The lowest BCUT2D eigenvalue weighted by Crippen LogP contribution is -2.18. The van der Waals surface area contributed by atoms with E-state index in [1.54, 1.807) is 0 Å². The molecule has 0 aliphatic rings. The van der Waals surface area contributed by atoms with Gasteiger partial charge in [-0.1, -0.05) is 0 Å². The van der Waals surface area contributed by atoms with Gasteiger partial charge in [-0.25, -0.2) is 4.57 Å². The van der Waals surface area contributed by atoms with Crippen LogP contribution in [0.5, 0.6) is 11.8 Å². The van der Waals surface area contributed by atoms with E-state index < -0.39 is 5.91 Å². The van der Waals surface area contributed by atoms with Crippen molar-refractivity contribution in [3.05, 3.63) is 12.1 Å². The Kier molecular flexibility index (Phi) is 4.81. The first-order chi connectivity index (χ1) is 7.66. The summed E-state index contributed by atoms with van der Waals surface area (Å²) >= 11 is 0. The minimum absolute atomic E-state index is 0.219. The molecule has 0 saturated carbocycles. The van der Waals surface area contributed by atoms with Crippen LogP contribution in [0.4, 0.5) is 0 Å². The quantitative estimate of drug-likeness (QED) is 0.698. The molecule has 0 saturated heterocycles. The van der Waals surface area contributed by atoms with Gasteiger partial charge in [-0.15, -0.1) is 0 Å². The van der Waals surface area contributed by atoms with Crippen LogP contribution < -0.4 is 0 Å². The Hall–Kier alpha value is -1.53. The summed E-state index contributed by atoms with van der Waals surface area (Å²) in [6, 6.07) is 2.46. The molecule has 0 unspecified atom stereocenters. The van der Waals surface area contributed by atoms with Gasteiger partial charge in [-0.2, -0.15) is 0 Å². The summed E-state index contributed by atoms with van der Waals surface area (Å²) in [5.41, 5.74) is 0. The maximum absolute atomic E-state index is 11.5. The van der Waals surface area contributed by atoms with Crippen molar-refractivity contribution in [3.63, 3.8) is 0 Å². The van der Waals surface area contributed by atoms with E-state index in [4.69, 9.17) is 9.47 Å². The summed E-state index contributed by atoms with van der Waals surface area (Å²) in [6.45, 7) is 2.94. The van der Waals surface area contributed by atoms with Crippen LogP contribution in [0.1, 0.15) is 11.7 Å². The average Bonchev–Trinajstić information content (AvgIpc) is 2.58. The van der Waals surface area contributed by atoms with Crippen molar-refractivity contribution in [2.24, 2.45) is 0 Å². The van der Waals surface area contributed by atoms with Gasteiger partial charge in [0.1, 0.15) is 6.61 Å². The molecule has 0 atom stereocenters. The molecule has 0 fully saturated rings. The first-order valence-corrected chi connectivity index (χ1v) is 4.95. The zero-order valence-electron chi connectivity index (χ0n) is 9.05. The first-order valence-electron chi connectivity index (χ1n) is 4.95. The Labute approximate surface area is 93.0 Å². The fraction of sp³-hybridized carbons (Fsp3) is 0.500. The molecule has 2 N–H and O–H groups in total. The zero-order chi connectivity index (χ0) is 12.0. The number of hydrogen-bond acceptors (Lipinski definition) is 5. The SMILES string of the molecule is CCOCCOCC(=O)n1c(O)ccc1O. The second kappa shape index (κ2) is 6.14. The van der Waals surface area contributed by atoms with E-state index in [1.165, 1.54) is 12.1 Å². The maximum atomic E-state index is 11.5. The fourth-order valence-electron chi connectivity index (χ4n) is 1.16. The summed E-state index contributed by atoms with van der Waals surface area (Å²) in [7, 11) is 0. The average molecular weight is 229 g/mol. The van der Waals surface area contributed by atoms with Gasteiger partial charge in [0.15, 0.2) is 0 Å². The fourth-order valence-corrected chi connectivity index (χ4v) is 1.16. The maximum Gasteiger partial charge on any atom is 0.262 e. The van der Waals surface area contributed by atoms with Gasteiger partial charge in [0.05, 0.1) is 13.2 Å². The molecule has 0 aliphatic heterocycles. The van der Waals surface area contributed by atoms with Crippen LogP contribution in [-0.2, 0) is 9.47 Å². The molecular formula is C10H15NO5. The Morgan fingerprint density at radius 2 is 1.81 bits per heavy atom. The van der Waals surface area contributed by atoms with Crippen LogP contribution in [0.25, 0.3) is 0 Å². The van der Waals surface area contributed by atoms with Gasteiger partial charge in [-0.05, 0) is 6.92 Å². The van der Waals surface area contributed by atoms with Crippen LogP contribution in [0.15, 0.2) is 12.1 Å². The number of rotatable bonds is 6. The molecule has 0 bridgehead atoms. The third-order valence-corrected chi connectivity index (χ3v) is 1.89. The lowest BCUT2D eigenvalue weighted by atomic mass is 10.6. The standard InChI is InChI=1S/C10H15NO5/c1-2-15-5-6-16-7-10(14)11-8(12)3-4-9(11)13/h3-4,12-13H,2,5-7H2,1H3. The van der Waals surface area contributed by atoms with E-state index in [-0.39, 0.29) is 18.4 Å². The van der Waals surface area contributed by atoms with Gasteiger partial charge in [-0.3, -0.25) is 4.79 Å². The van der Waals surface area contributed by atoms with Gasteiger partial charge in [0, 0.05) is 18.7 Å². The van der Waals surface area contributed by atoms with Crippen molar-refractivity contribution in [1.29, 1.82) is 0 Å². The van der Waals surface area contributed by atoms with E-state index in [1.807, 2.05) is 6.92 Å². The van der Waals surface area contributed by atoms with Crippen molar-refractivity contribution in [1.82, 2.24) is 4.57 Å². The van der Waals surface area contributed by atoms with Gasteiger partial charge >= 0.3 is 0 Å². The summed E-state index contributed by atoms with van der Waals surface area (Å²) in [4.78, 5) is 11.5. The van der Waals surface area contributed by atoms with Crippen molar-refractivity contribution in [3.8, 4) is 11.8 Å². The Morgan fingerprint density at radius 3 is 2.38 bits per heavy atom. The van der Waals surface area contributed by atoms with E-state index in [0.717, 1.165) is 4.57 Å². The van der Waals surface area contributed by atoms with Crippen LogP contribution in [0, 0.1) is 0 Å². The number of ether oxygens (including phenoxy) is 2. The summed E-state index contributed by atoms with van der Waals surface area (Å²) in [5.74, 6) is -1.15. The second-order valence-electron chi connectivity index (χ2n) is 3.03. The predicted molar refractivity (Wildman–Crippen MR) is 55.7 cm³/mol. The summed E-state index contributed by atoms with van der Waals surface area (Å²) < 4.78 is 10.8. The van der Waals surface area contributed by atoms with Gasteiger partial charge in [0.25, 0.3) is 5.91 Å². The van der Waals surface area contributed by atoms with Crippen molar-refractivity contribution in [2.75, 3.05) is 26.4 Å². The number of aromatic nitrogens is 1. The number of aromatic hydroxyl groups is 2. The van der Waals surface area contributed by atoms with Crippen LogP contribution in [0.3, 0.4) is 0 Å². The highest BCUT2D eigenvalue weighted by Gasteiger charge is 2.13. The van der Waals surface area contributed by atoms with E-state index in [9.17, 15) is 15.0 Å². The molecule has 6 nitrogen and oxygen atoms in total. The molecular weight excluding hydrogens is 214 g/mol. The monoisotopic (exact) mass is 229 g/mol. The minimum atomic E-state index is -0.531. The predicted octanol–water partition coefficient (Wildman–Crippen LogP) is 0.593. The molecule has 0 spiro atoms. The Morgan fingerprint density at radius 1 is 1.25 bits per heavy atom. The van der Waals surface area contributed by atoms with Gasteiger partial charge in [0.2, 0.25) is 11.8 Å². The molecule has 16 heavy (non-hydrogen) atoms. The highest BCUT2D eigenvalue weighted by atomic mass is 16.5. The number of hydrogen-bond donors (Lipinski definition) is 2. The largest absolute Gasteiger partial charge is 0.494 e. The first kappa shape index (κ1) is 12.5. The molecule has 6 heteroatoms. The third-order valence-electron chi connectivity index (χ3n) is 1.89.